The second-order valence-corrected chi connectivity index (χ2v) is 2.90. The van der Waals surface area contributed by atoms with Gasteiger partial charge in [0.05, 0.1) is 12.0 Å². The topological polar surface area (TPSA) is 90.4 Å². The Morgan fingerprint density at radius 1 is 1.60 bits per heavy atom. The van der Waals surface area contributed by atoms with Gasteiger partial charge in [-0.15, -0.1) is 0 Å². The van der Waals surface area contributed by atoms with Crippen molar-refractivity contribution in [2.24, 2.45) is 0 Å². The van der Waals surface area contributed by atoms with Crippen LogP contribution in [-0.4, -0.2) is 18.6 Å². The van der Waals surface area contributed by atoms with Crippen LogP contribution in [0.5, 0.6) is 5.75 Å². The summed E-state index contributed by atoms with van der Waals surface area (Å²) in [6.07, 6.45) is 0. The molecule has 1 aromatic carbocycles. The molecule has 6 heteroatoms. The molecule has 1 aromatic rings. The molecular weight excluding hydrogens is 198 g/mol. The molecular formula is C9H13N3O3. The quantitative estimate of drug-likeness (QED) is 0.448. The summed E-state index contributed by atoms with van der Waals surface area (Å²) in [7, 11) is 1.48. The molecule has 82 valence electrons. The Morgan fingerprint density at radius 2 is 2.27 bits per heavy atom. The molecule has 15 heavy (non-hydrogen) atoms. The van der Waals surface area contributed by atoms with Gasteiger partial charge in [-0.2, -0.15) is 0 Å². The number of nitrogens with two attached hydrogens (primary N) is 1. The number of hydrogen-bond donors (Lipinski definition) is 2. The van der Waals surface area contributed by atoms with Crippen molar-refractivity contribution in [1.82, 2.24) is 0 Å². The maximum Gasteiger partial charge on any atom is 0.315 e. The minimum Gasteiger partial charge on any atom is -0.497 e. The van der Waals surface area contributed by atoms with Gasteiger partial charge in [-0.3, -0.25) is 10.1 Å². The summed E-state index contributed by atoms with van der Waals surface area (Å²) in [4.78, 5) is 10.3. The monoisotopic (exact) mass is 211 g/mol. The minimum absolute atomic E-state index is 0.0929. The lowest BCUT2D eigenvalue weighted by atomic mass is 10.2. The Morgan fingerprint density at radius 3 is 2.73 bits per heavy atom. The van der Waals surface area contributed by atoms with Crippen molar-refractivity contribution in [3.63, 3.8) is 0 Å². The molecule has 0 aromatic heterocycles. The van der Waals surface area contributed by atoms with Gasteiger partial charge < -0.3 is 15.8 Å². The molecule has 3 N–H and O–H groups in total. The normalized spacial score (nSPS) is 9.73. The summed E-state index contributed by atoms with van der Waals surface area (Å²) in [6, 6.07) is 2.98. The van der Waals surface area contributed by atoms with Crippen LogP contribution in [0.1, 0.15) is 6.92 Å². The molecule has 0 unspecified atom stereocenters. The number of anilines is 2. The maximum atomic E-state index is 10.8. The first kappa shape index (κ1) is 11.1. The lowest BCUT2D eigenvalue weighted by Gasteiger charge is -2.08. The highest BCUT2D eigenvalue weighted by Gasteiger charge is 2.19. The Hall–Kier alpha value is -1.98. The van der Waals surface area contributed by atoms with Crippen molar-refractivity contribution in [2.75, 3.05) is 24.7 Å². The zero-order valence-corrected chi connectivity index (χ0v) is 8.61. The number of hydrogen-bond acceptors (Lipinski definition) is 5. The van der Waals surface area contributed by atoms with E-state index in [1.165, 1.54) is 13.2 Å². The number of nitrogen functional groups attached to an aromatic ring is 1. The van der Waals surface area contributed by atoms with E-state index in [1.807, 2.05) is 6.92 Å². The molecule has 0 atom stereocenters. The summed E-state index contributed by atoms with van der Waals surface area (Å²) in [5.41, 5.74) is 5.92. The zero-order valence-electron chi connectivity index (χ0n) is 8.61. The van der Waals surface area contributed by atoms with E-state index in [0.29, 0.717) is 18.0 Å². The third-order valence-corrected chi connectivity index (χ3v) is 1.90. The molecule has 0 amide bonds. The molecule has 6 nitrogen and oxygen atoms in total. The average Bonchev–Trinajstić information content (AvgIpc) is 2.16. The minimum atomic E-state index is -0.507. The van der Waals surface area contributed by atoms with Crippen molar-refractivity contribution >= 4 is 17.1 Å². The summed E-state index contributed by atoms with van der Waals surface area (Å²) in [5.74, 6) is 0.494. The highest BCUT2D eigenvalue weighted by molar-refractivity contribution is 5.76. The van der Waals surface area contributed by atoms with Gasteiger partial charge in [0.2, 0.25) is 0 Å². The van der Waals surface area contributed by atoms with Crippen LogP contribution >= 0.6 is 0 Å². The lowest BCUT2D eigenvalue weighted by Crippen LogP contribution is -2.04. The van der Waals surface area contributed by atoms with E-state index in [1.54, 1.807) is 6.07 Å². The molecule has 0 heterocycles. The zero-order chi connectivity index (χ0) is 11.4. The van der Waals surface area contributed by atoms with Crippen LogP contribution in [0.15, 0.2) is 12.1 Å². The summed E-state index contributed by atoms with van der Waals surface area (Å²) >= 11 is 0. The van der Waals surface area contributed by atoms with Gasteiger partial charge >= 0.3 is 5.69 Å². The van der Waals surface area contributed by atoms with E-state index in [0.717, 1.165) is 0 Å². The number of nitro groups is 1. The van der Waals surface area contributed by atoms with Gasteiger partial charge in [0.15, 0.2) is 0 Å². The van der Waals surface area contributed by atoms with Crippen LogP contribution in [0.4, 0.5) is 17.1 Å². The number of nitrogens with one attached hydrogen (secondary N) is 1. The fourth-order valence-corrected chi connectivity index (χ4v) is 1.28. The molecule has 0 radical (unpaired) electrons. The number of rotatable bonds is 4. The lowest BCUT2D eigenvalue weighted by molar-refractivity contribution is -0.383. The van der Waals surface area contributed by atoms with Crippen LogP contribution in [-0.2, 0) is 0 Å². The highest BCUT2D eigenvalue weighted by Crippen LogP contribution is 2.35. The van der Waals surface area contributed by atoms with Gasteiger partial charge in [0.25, 0.3) is 0 Å². The molecule has 0 aliphatic carbocycles. The van der Waals surface area contributed by atoms with Gasteiger partial charge in [-0.25, -0.2) is 0 Å². The number of benzene rings is 1. The van der Waals surface area contributed by atoms with E-state index in [-0.39, 0.29) is 11.4 Å². The van der Waals surface area contributed by atoms with Crippen LogP contribution < -0.4 is 15.8 Å². The first-order chi connectivity index (χ1) is 7.10. The molecule has 0 aliphatic heterocycles. The Labute approximate surface area is 87.2 Å². The number of methoxy groups -OCH3 is 1. The molecule has 0 bridgehead atoms. The first-order valence-electron chi connectivity index (χ1n) is 4.46. The highest BCUT2D eigenvalue weighted by atomic mass is 16.6. The third kappa shape index (κ3) is 2.28. The number of ether oxygens (including phenoxy) is 1. The first-order valence-corrected chi connectivity index (χ1v) is 4.46. The Bertz CT molecular complexity index is 379. The largest absolute Gasteiger partial charge is 0.497 e. The maximum absolute atomic E-state index is 10.8. The Kier molecular flexibility index (Phi) is 3.33. The molecule has 0 aliphatic rings. The standard InChI is InChI=1S/C9H13N3O3/c1-3-11-8-5-6(15-2)4-7(10)9(8)12(13)14/h4-5,11H,3,10H2,1-2H3. The second-order valence-electron chi connectivity index (χ2n) is 2.90. The van der Waals surface area contributed by atoms with Crippen LogP contribution in [0, 0.1) is 10.1 Å². The Balaban J connectivity index is 3.28. The van der Waals surface area contributed by atoms with Gasteiger partial charge in [-0.05, 0) is 6.92 Å². The molecule has 0 saturated carbocycles. The van der Waals surface area contributed by atoms with E-state index >= 15 is 0 Å². The van der Waals surface area contributed by atoms with E-state index in [4.69, 9.17) is 10.5 Å². The molecule has 1 rings (SSSR count). The molecule has 0 fully saturated rings. The second kappa shape index (κ2) is 4.50. The SMILES string of the molecule is CCNc1cc(OC)cc(N)c1[N+](=O)[O-]. The van der Waals surface area contributed by atoms with E-state index < -0.39 is 4.92 Å². The fourth-order valence-electron chi connectivity index (χ4n) is 1.28. The van der Waals surface area contributed by atoms with Crippen molar-refractivity contribution in [1.29, 1.82) is 0 Å². The number of nitrogens with zero attached hydrogens (tertiary/aromatic N) is 1. The molecule has 0 spiro atoms. The average molecular weight is 211 g/mol. The summed E-state index contributed by atoms with van der Waals surface area (Å²) in [6.45, 7) is 2.42. The van der Waals surface area contributed by atoms with Gasteiger partial charge in [0, 0.05) is 18.7 Å². The van der Waals surface area contributed by atoms with Gasteiger partial charge in [0.1, 0.15) is 17.1 Å². The van der Waals surface area contributed by atoms with E-state index in [2.05, 4.69) is 5.32 Å². The van der Waals surface area contributed by atoms with Crippen molar-refractivity contribution < 1.29 is 9.66 Å². The van der Waals surface area contributed by atoms with Crippen molar-refractivity contribution in [3.8, 4) is 5.75 Å². The van der Waals surface area contributed by atoms with Crippen LogP contribution in [0.25, 0.3) is 0 Å². The van der Waals surface area contributed by atoms with Crippen molar-refractivity contribution in [3.05, 3.63) is 22.2 Å². The van der Waals surface area contributed by atoms with Crippen LogP contribution in [0.2, 0.25) is 0 Å². The number of nitro benzene ring substituents is 1. The predicted octanol–water partition coefficient (Wildman–Crippen LogP) is 1.62. The van der Waals surface area contributed by atoms with E-state index in [9.17, 15) is 10.1 Å². The smallest absolute Gasteiger partial charge is 0.315 e. The third-order valence-electron chi connectivity index (χ3n) is 1.90. The van der Waals surface area contributed by atoms with Crippen molar-refractivity contribution in [2.45, 2.75) is 6.92 Å². The fraction of sp³-hybridized carbons (Fsp3) is 0.333. The molecule has 0 saturated heterocycles. The predicted molar refractivity (Wildman–Crippen MR) is 58.2 cm³/mol. The summed E-state index contributed by atoms with van der Waals surface area (Å²) < 4.78 is 4.97. The van der Waals surface area contributed by atoms with Gasteiger partial charge in [-0.1, -0.05) is 0 Å². The van der Waals surface area contributed by atoms with Crippen LogP contribution in [0.3, 0.4) is 0 Å². The summed E-state index contributed by atoms with van der Waals surface area (Å²) in [5, 5.41) is 13.6.